The molecule has 1 aromatic rings. The second-order valence-corrected chi connectivity index (χ2v) is 12.3. The molecule has 1 fully saturated rings. The molecule has 1 saturated heterocycles. The van der Waals surface area contributed by atoms with E-state index >= 15 is 0 Å². The van der Waals surface area contributed by atoms with E-state index in [1.165, 1.54) is 10.1 Å². The number of fused-ring (bicyclic) bond motifs is 1. The molecule has 8 heteroatoms. The summed E-state index contributed by atoms with van der Waals surface area (Å²) in [6.45, 7) is 16.8. The number of benzene rings is 1. The summed E-state index contributed by atoms with van der Waals surface area (Å²) in [5, 5.41) is 27.7. The van der Waals surface area contributed by atoms with Crippen LogP contribution in [0.3, 0.4) is 0 Å². The Kier molecular flexibility index (Phi) is 6.41. The normalized spacial score (nSPS) is 25.9. The highest BCUT2D eigenvalue weighted by Gasteiger charge is 2.49. The van der Waals surface area contributed by atoms with E-state index in [0.717, 1.165) is 41.5 Å². The lowest BCUT2D eigenvalue weighted by atomic mass is 9.79. The van der Waals surface area contributed by atoms with Gasteiger partial charge < -0.3 is 15.7 Å². The highest BCUT2D eigenvalue weighted by molar-refractivity contribution is 7.98. The summed E-state index contributed by atoms with van der Waals surface area (Å²) in [4.78, 5) is 11.2. The Labute approximate surface area is 190 Å². The van der Waals surface area contributed by atoms with Crippen LogP contribution in [0.4, 0.5) is 0 Å². The van der Waals surface area contributed by atoms with Gasteiger partial charge in [-0.1, -0.05) is 18.2 Å². The molecule has 0 spiro atoms. The van der Waals surface area contributed by atoms with Gasteiger partial charge in [-0.05, 0) is 84.9 Å². The van der Waals surface area contributed by atoms with Crippen molar-refractivity contribution in [3.05, 3.63) is 39.8 Å². The van der Waals surface area contributed by atoms with Crippen LogP contribution in [0.2, 0.25) is 0 Å². The van der Waals surface area contributed by atoms with Crippen LogP contribution in [0, 0.1) is 4.91 Å². The van der Waals surface area contributed by atoms with Crippen molar-refractivity contribution in [3.8, 4) is 0 Å². The van der Waals surface area contributed by atoms with Crippen molar-refractivity contribution in [2.45, 2.75) is 102 Å². The standard InChI is InChI=1S/C23H38N4O3S/c1-20(2)12-16(13-21(3,4)26(20)29)24-14-19(31-25-28)15-9-10-17-18(11-15)23(7,8)27(30)22(17,5)6/h9-11,16,19,24,29-30H,12-14H2,1-8H3. The quantitative estimate of drug-likeness (QED) is 0.399. The van der Waals surface area contributed by atoms with Gasteiger partial charge in [0.15, 0.2) is 0 Å². The van der Waals surface area contributed by atoms with Gasteiger partial charge in [0.1, 0.15) is 0 Å². The van der Waals surface area contributed by atoms with Crippen molar-refractivity contribution in [1.29, 1.82) is 0 Å². The predicted molar refractivity (Wildman–Crippen MR) is 125 cm³/mol. The molecule has 2 aliphatic rings. The van der Waals surface area contributed by atoms with Crippen LogP contribution < -0.4 is 5.32 Å². The fourth-order valence-electron chi connectivity index (χ4n) is 5.69. The maximum absolute atomic E-state index is 11.2. The molecule has 0 bridgehead atoms. The molecule has 1 unspecified atom stereocenters. The predicted octanol–water partition coefficient (Wildman–Crippen LogP) is 5.32. The molecular formula is C23H38N4O3S. The Balaban J connectivity index is 1.82. The maximum Gasteiger partial charge on any atom is 0.0674 e. The minimum Gasteiger partial charge on any atom is -0.313 e. The molecule has 2 aliphatic heterocycles. The molecule has 174 valence electrons. The van der Waals surface area contributed by atoms with Gasteiger partial charge in [0.25, 0.3) is 0 Å². The first kappa shape index (κ1) is 24.6. The molecule has 0 amide bonds. The molecular weight excluding hydrogens is 412 g/mol. The first-order chi connectivity index (χ1) is 14.1. The van der Waals surface area contributed by atoms with Crippen LogP contribution in [-0.4, -0.2) is 44.2 Å². The van der Waals surface area contributed by atoms with Gasteiger partial charge >= 0.3 is 0 Å². The summed E-state index contributed by atoms with van der Waals surface area (Å²) in [5.41, 5.74) is 1.53. The van der Waals surface area contributed by atoms with E-state index in [-0.39, 0.29) is 22.4 Å². The van der Waals surface area contributed by atoms with Gasteiger partial charge in [-0.2, -0.15) is 10.1 Å². The summed E-state index contributed by atoms with van der Waals surface area (Å²) in [6, 6.07) is 6.45. The maximum atomic E-state index is 11.2. The summed E-state index contributed by atoms with van der Waals surface area (Å²) in [6.07, 6.45) is 1.62. The molecule has 1 atom stereocenters. The Morgan fingerprint density at radius 1 is 1.00 bits per heavy atom. The van der Waals surface area contributed by atoms with Crippen molar-refractivity contribution < 1.29 is 10.4 Å². The van der Waals surface area contributed by atoms with Crippen molar-refractivity contribution in [2.24, 2.45) is 4.58 Å². The zero-order valence-electron chi connectivity index (χ0n) is 20.1. The number of hydroxylamine groups is 4. The van der Waals surface area contributed by atoms with E-state index in [2.05, 4.69) is 22.0 Å². The van der Waals surface area contributed by atoms with Gasteiger partial charge in [-0.15, -0.1) is 4.91 Å². The smallest absolute Gasteiger partial charge is 0.0674 e. The highest BCUT2D eigenvalue weighted by Crippen LogP contribution is 2.49. The second-order valence-electron chi connectivity index (χ2n) is 11.4. The van der Waals surface area contributed by atoms with Crippen LogP contribution in [0.15, 0.2) is 22.8 Å². The summed E-state index contributed by atoms with van der Waals surface area (Å²) < 4.78 is 3.14. The summed E-state index contributed by atoms with van der Waals surface area (Å²) in [7, 11) is 0. The second kappa shape index (κ2) is 8.08. The lowest BCUT2D eigenvalue weighted by Gasteiger charge is -2.51. The van der Waals surface area contributed by atoms with Gasteiger partial charge in [-0.3, -0.25) is 0 Å². The van der Waals surface area contributed by atoms with Crippen LogP contribution >= 0.6 is 11.9 Å². The van der Waals surface area contributed by atoms with Crippen molar-refractivity contribution in [1.82, 2.24) is 15.4 Å². The SMILES string of the molecule is CC1(C)CC(NCC(SN=O)c2ccc3c(c2)C(C)(C)N(O)C3(C)C)CC(C)(C)N1O. The van der Waals surface area contributed by atoms with Gasteiger partial charge in [0.2, 0.25) is 0 Å². The average Bonchev–Trinajstić information content (AvgIpc) is 2.80. The zero-order chi connectivity index (χ0) is 23.4. The number of hydrogen-bond acceptors (Lipinski definition) is 8. The van der Waals surface area contributed by atoms with E-state index in [9.17, 15) is 15.3 Å². The zero-order valence-corrected chi connectivity index (χ0v) is 20.9. The lowest BCUT2D eigenvalue weighted by molar-refractivity contribution is -0.246. The molecule has 0 saturated carbocycles. The molecule has 7 nitrogen and oxygen atoms in total. The van der Waals surface area contributed by atoms with Gasteiger partial charge in [0.05, 0.1) is 16.3 Å². The topological polar surface area (TPSA) is 88.4 Å². The number of nitroso groups, excluding NO2 is 1. The average molecular weight is 451 g/mol. The summed E-state index contributed by atoms with van der Waals surface area (Å²) in [5.74, 6) is 0. The number of nitrogens with one attached hydrogen (secondary N) is 1. The first-order valence-corrected chi connectivity index (χ1v) is 11.8. The fraction of sp³-hybridized carbons (Fsp3) is 0.739. The molecule has 2 heterocycles. The Hall–Kier alpha value is -1.03. The van der Waals surface area contributed by atoms with Crippen molar-refractivity contribution in [2.75, 3.05) is 6.54 Å². The third kappa shape index (κ3) is 4.30. The third-order valence-corrected chi connectivity index (χ3v) is 7.97. The van der Waals surface area contributed by atoms with E-state index in [0.29, 0.717) is 6.54 Å². The van der Waals surface area contributed by atoms with Crippen molar-refractivity contribution >= 4 is 11.9 Å². The Morgan fingerprint density at radius 3 is 2.10 bits per heavy atom. The minimum atomic E-state index is -0.520. The molecule has 0 aromatic heterocycles. The Bertz CT molecular complexity index is 822. The number of hydrogen-bond donors (Lipinski definition) is 3. The molecule has 0 radical (unpaired) electrons. The van der Waals surface area contributed by atoms with E-state index in [1.54, 1.807) is 0 Å². The molecule has 31 heavy (non-hydrogen) atoms. The third-order valence-electron chi connectivity index (χ3n) is 7.19. The van der Waals surface area contributed by atoms with E-state index < -0.39 is 11.1 Å². The van der Waals surface area contributed by atoms with E-state index in [4.69, 9.17) is 0 Å². The van der Waals surface area contributed by atoms with Crippen molar-refractivity contribution in [3.63, 3.8) is 0 Å². The first-order valence-electron chi connectivity index (χ1n) is 11.0. The number of nitrogens with zero attached hydrogens (tertiary/aromatic N) is 3. The van der Waals surface area contributed by atoms with Crippen LogP contribution in [0.1, 0.15) is 90.2 Å². The molecule has 0 aliphatic carbocycles. The van der Waals surface area contributed by atoms with Crippen LogP contribution in [0.5, 0.6) is 0 Å². The van der Waals surface area contributed by atoms with Crippen LogP contribution in [0.25, 0.3) is 0 Å². The van der Waals surface area contributed by atoms with E-state index in [1.807, 2.05) is 61.5 Å². The largest absolute Gasteiger partial charge is 0.313 e. The monoisotopic (exact) mass is 450 g/mol. The molecule has 3 rings (SSSR count). The minimum absolute atomic E-state index is 0.132. The Morgan fingerprint density at radius 2 is 1.55 bits per heavy atom. The lowest BCUT2D eigenvalue weighted by Crippen LogP contribution is -2.62. The molecule has 3 N–H and O–H groups in total. The number of piperidine rings is 1. The van der Waals surface area contributed by atoms with Gasteiger partial charge in [0, 0.05) is 40.2 Å². The van der Waals surface area contributed by atoms with Gasteiger partial charge in [-0.25, -0.2) is 0 Å². The molecule has 1 aromatic carbocycles. The summed E-state index contributed by atoms with van der Waals surface area (Å²) >= 11 is 1.04. The highest BCUT2D eigenvalue weighted by atomic mass is 32.2. The van der Waals surface area contributed by atoms with Crippen LogP contribution in [-0.2, 0) is 11.1 Å². The fourth-order valence-corrected chi connectivity index (χ4v) is 6.23. The number of rotatable bonds is 6.